The number of amides is 1. The van der Waals surface area contributed by atoms with E-state index in [-0.39, 0.29) is 5.92 Å². The zero-order valence-corrected chi connectivity index (χ0v) is 14.7. The molecule has 1 aliphatic heterocycles. The number of benzene rings is 1. The zero-order chi connectivity index (χ0) is 19.8. The van der Waals surface area contributed by atoms with E-state index in [2.05, 4.69) is 4.98 Å². The predicted molar refractivity (Wildman–Crippen MR) is 90.0 cm³/mol. The van der Waals surface area contributed by atoms with Crippen molar-refractivity contribution < 1.29 is 22.4 Å². The van der Waals surface area contributed by atoms with Crippen LogP contribution in [-0.4, -0.2) is 34.0 Å². The smallest absolute Gasteiger partial charge is 0.368 e. The minimum atomic E-state index is -4.46. The predicted octanol–water partition coefficient (Wildman–Crippen LogP) is 2.76. The number of nitrogens with two attached hydrogens (primary N) is 1. The molecule has 0 saturated carbocycles. The third-order valence-corrected chi connectivity index (χ3v) is 4.82. The number of carbonyl (C=O) groups is 1. The normalized spacial score (nSPS) is 18.4. The second-order valence-corrected chi connectivity index (χ2v) is 6.89. The van der Waals surface area contributed by atoms with Gasteiger partial charge in [-0.2, -0.15) is 13.2 Å². The molecule has 0 saturated heterocycles. The maximum absolute atomic E-state index is 13.1. The number of rotatable bonds is 5. The third-order valence-electron chi connectivity index (χ3n) is 4.82. The van der Waals surface area contributed by atoms with Crippen molar-refractivity contribution in [3.8, 4) is 0 Å². The van der Waals surface area contributed by atoms with Gasteiger partial charge in [0.1, 0.15) is 17.7 Å². The van der Waals surface area contributed by atoms with Gasteiger partial charge in [-0.05, 0) is 37.1 Å². The van der Waals surface area contributed by atoms with Crippen molar-refractivity contribution in [2.75, 3.05) is 13.6 Å². The van der Waals surface area contributed by atoms with Crippen LogP contribution in [0.25, 0.3) is 0 Å². The van der Waals surface area contributed by atoms with Crippen LogP contribution in [-0.2, 0) is 23.9 Å². The topological polar surface area (TPSA) is 64.2 Å². The maximum atomic E-state index is 13.1. The summed E-state index contributed by atoms with van der Waals surface area (Å²) in [7, 11) is 1.73. The summed E-state index contributed by atoms with van der Waals surface area (Å²) in [6, 6.07) is 4.80. The van der Waals surface area contributed by atoms with Crippen LogP contribution in [0, 0.1) is 11.7 Å². The van der Waals surface area contributed by atoms with E-state index in [0.717, 1.165) is 6.20 Å². The molecule has 2 heterocycles. The summed E-state index contributed by atoms with van der Waals surface area (Å²) < 4.78 is 53.2. The first kappa shape index (κ1) is 19.3. The van der Waals surface area contributed by atoms with Crippen LogP contribution in [0.1, 0.15) is 29.5 Å². The fraction of sp³-hybridized carbons (Fsp3) is 0.444. The Bertz CT molecular complexity index is 816. The highest BCUT2D eigenvalue weighted by atomic mass is 19.4. The highest BCUT2D eigenvalue weighted by molar-refractivity contribution is 5.81. The molecular formula is C18H20F4N4O. The highest BCUT2D eigenvalue weighted by Gasteiger charge is 2.36. The van der Waals surface area contributed by atoms with Gasteiger partial charge in [-0.1, -0.05) is 12.1 Å². The summed E-state index contributed by atoms with van der Waals surface area (Å²) in [4.78, 5) is 17.4. The van der Waals surface area contributed by atoms with E-state index in [0.29, 0.717) is 37.3 Å². The van der Waals surface area contributed by atoms with Crippen molar-refractivity contribution in [1.29, 1.82) is 0 Å². The molecule has 0 spiro atoms. The summed E-state index contributed by atoms with van der Waals surface area (Å²) in [5.74, 6) is -0.515. The summed E-state index contributed by atoms with van der Waals surface area (Å²) in [5, 5.41) is 0. The Hall–Kier alpha value is -2.42. The van der Waals surface area contributed by atoms with Gasteiger partial charge in [0.05, 0.1) is 0 Å². The Balaban J connectivity index is 1.71. The Morgan fingerprint density at radius 2 is 2.04 bits per heavy atom. The van der Waals surface area contributed by atoms with Crippen molar-refractivity contribution in [2.24, 2.45) is 11.7 Å². The molecule has 3 rings (SSSR count). The van der Waals surface area contributed by atoms with Gasteiger partial charge in [0.15, 0.2) is 5.69 Å². The SMILES string of the molecule is CN(C[C@@H]1CCc2nc(C(F)(F)F)cn2C1)[C@@H](C(N)=O)c1ccc(F)cc1. The van der Waals surface area contributed by atoms with Crippen LogP contribution in [0.2, 0.25) is 0 Å². The van der Waals surface area contributed by atoms with Crippen LogP contribution >= 0.6 is 0 Å². The number of alkyl halides is 3. The summed E-state index contributed by atoms with van der Waals surface area (Å²) in [6.45, 7) is 0.849. The van der Waals surface area contributed by atoms with Gasteiger partial charge in [-0.25, -0.2) is 9.37 Å². The molecule has 5 nitrogen and oxygen atoms in total. The van der Waals surface area contributed by atoms with E-state index in [9.17, 15) is 22.4 Å². The first-order valence-electron chi connectivity index (χ1n) is 8.53. The van der Waals surface area contributed by atoms with Crippen LogP contribution in [0.4, 0.5) is 17.6 Å². The lowest BCUT2D eigenvalue weighted by molar-refractivity contribution is -0.141. The minimum Gasteiger partial charge on any atom is -0.368 e. The number of primary amides is 1. The molecule has 0 unspecified atom stereocenters. The lowest BCUT2D eigenvalue weighted by atomic mass is 9.97. The summed E-state index contributed by atoms with van der Waals surface area (Å²) >= 11 is 0. The number of nitrogens with zero attached hydrogens (tertiary/aromatic N) is 3. The number of carbonyl (C=O) groups excluding carboxylic acids is 1. The van der Waals surface area contributed by atoms with Crippen molar-refractivity contribution in [2.45, 2.75) is 31.6 Å². The first-order chi connectivity index (χ1) is 12.6. The van der Waals surface area contributed by atoms with Gasteiger partial charge < -0.3 is 10.3 Å². The summed E-state index contributed by atoms with van der Waals surface area (Å²) in [6.07, 6.45) is -2.33. The Morgan fingerprint density at radius 1 is 1.37 bits per heavy atom. The number of likely N-dealkylation sites (N-methyl/N-ethyl adjacent to an activating group) is 1. The van der Waals surface area contributed by atoms with E-state index in [1.807, 2.05) is 0 Å². The van der Waals surface area contributed by atoms with Crippen molar-refractivity contribution in [3.63, 3.8) is 0 Å². The van der Waals surface area contributed by atoms with E-state index in [4.69, 9.17) is 5.73 Å². The van der Waals surface area contributed by atoms with E-state index >= 15 is 0 Å². The first-order valence-corrected chi connectivity index (χ1v) is 8.53. The summed E-state index contributed by atoms with van der Waals surface area (Å²) in [5.41, 5.74) is 5.22. The van der Waals surface area contributed by atoms with Gasteiger partial charge in [0.2, 0.25) is 5.91 Å². The average molecular weight is 384 g/mol. The molecule has 1 aromatic heterocycles. The third kappa shape index (κ3) is 4.29. The molecule has 0 radical (unpaired) electrons. The molecule has 2 aromatic rings. The molecule has 2 atom stereocenters. The second-order valence-electron chi connectivity index (χ2n) is 6.89. The Labute approximate surface area is 153 Å². The monoisotopic (exact) mass is 384 g/mol. The number of aryl methyl sites for hydroxylation is 1. The van der Waals surface area contributed by atoms with Crippen LogP contribution < -0.4 is 5.73 Å². The van der Waals surface area contributed by atoms with Crippen LogP contribution in [0.5, 0.6) is 0 Å². The minimum absolute atomic E-state index is 0.0417. The molecule has 1 aliphatic rings. The number of fused-ring (bicyclic) bond motifs is 1. The fourth-order valence-corrected chi connectivity index (χ4v) is 3.59. The van der Waals surface area contributed by atoms with Crippen molar-refractivity contribution in [3.05, 3.63) is 53.4 Å². The molecule has 9 heteroatoms. The van der Waals surface area contributed by atoms with Crippen molar-refractivity contribution >= 4 is 5.91 Å². The van der Waals surface area contributed by atoms with Gasteiger partial charge in [0.25, 0.3) is 0 Å². The molecule has 2 N–H and O–H groups in total. The largest absolute Gasteiger partial charge is 0.434 e. The molecule has 0 bridgehead atoms. The van der Waals surface area contributed by atoms with Gasteiger partial charge in [0, 0.05) is 25.7 Å². The number of hydrogen-bond donors (Lipinski definition) is 1. The van der Waals surface area contributed by atoms with E-state index < -0.39 is 29.6 Å². The van der Waals surface area contributed by atoms with E-state index in [1.165, 1.54) is 28.8 Å². The van der Waals surface area contributed by atoms with E-state index in [1.54, 1.807) is 11.9 Å². The lowest BCUT2D eigenvalue weighted by Gasteiger charge is -2.32. The molecule has 27 heavy (non-hydrogen) atoms. The standard InChI is InChI=1S/C18H20F4N4O/c1-25(16(17(23)27)12-3-5-13(19)6-4-12)8-11-2-7-15-24-14(18(20,21)22)10-26(15)9-11/h3-6,10-11,16H,2,7-9H2,1H3,(H2,23,27)/t11-,16+/m0/s1. The van der Waals surface area contributed by atoms with Gasteiger partial charge in [-0.3, -0.25) is 9.69 Å². The lowest BCUT2D eigenvalue weighted by Crippen LogP contribution is -2.39. The van der Waals surface area contributed by atoms with Crippen LogP contribution in [0.3, 0.4) is 0 Å². The van der Waals surface area contributed by atoms with Gasteiger partial charge in [-0.15, -0.1) is 0 Å². The number of hydrogen-bond acceptors (Lipinski definition) is 3. The molecular weight excluding hydrogens is 364 g/mol. The number of aromatic nitrogens is 2. The molecule has 1 aromatic carbocycles. The average Bonchev–Trinajstić information content (AvgIpc) is 3.00. The Morgan fingerprint density at radius 3 is 2.63 bits per heavy atom. The molecule has 1 amide bonds. The van der Waals surface area contributed by atoms with Crippen LogP contribution in [0.15, 0.2) is 30.5 Å². The van der Waals surface area contributed by atoms with Gasteiger partial charge >= 0.3 is 6.18 Å². The molecule has 0 aliphatic carbocycles. The zero-order valence-electron chi connectivity index (χ0n) is 14.7. The number of imidazole rings is 1. The van der Waals surface area contributed by atoms with Crippen molar-refractivity contribution in [1.82, 2.24) is 14.5 Å². The molecule has 0 fully saturated rings. The fourth-order valence-electron chi connectivity index (χ4n) is 3.59. The quantitative estimate of drug-likeness (QED) is 0.807. The maximum Gasteiger partial charge on any atom is 0.434 e. The highest BCUT2D eigenvalue weighted by Crippen LogP contribution is 2.31. The Kier molecular flexibility index (Phi) is 5.23. The second kappa shape index (κ2) is 7.30. The molecule has 146 valence electrons. The number of halogens is 4.